The SMILES string of the molecule is CCOc1ccc(N2CC3C[C@H]2CN3C(=O)C(F)S(=O)(=O)CCN)cc1. The predicted molar refractivity (Wildman–Crippen MR) is 96.6 cm³/mol. The molecule has 2 heterocycles. The number of hydrogen-bond acceptors (Lipinski definition) is 6. The Labute approximate surface area is 152 Å². The van der Waals surface area contributed by atoms with E-state index in [4.69, 9.17) is 10.5 Å². The van der Waals surface area contributed by atoms with Crippen LogP contribution in [-0.2, 0) is 14.6 Å². The zero-order chi connectivity index (χ0) is 18.9. The van der Waals surface area contributed by atoms with E-state index in [0.29, 0.717) is 26.1 Å². The molecular weight excluding hydrogens is 361 g/mol. The molecule has 1 aromatic rings. The number of benzene rings is 1. The van der Waals surface area contributed by atoms with E-state index < -0.39 is 27.0 Å². The average Bonchev–Trinajstić information content (AvgIpc) is 3.22. The van der Waals surface area contributed by atoms with Crippen molar-refractivity contribution in [3.05, 3.63) is 24.3 Å². The van der Waals surface area contributed by atoms with Gasteiger partial charge in [-0.3, -0.25) is 4.79 Å². The van der Waals surface area contributed by atoms with Gasteiger partial charge in [0.05, 0.1) is 18.4 Å². The topological polar surface area (TPSA) is 92.9 Å². The van der Waals surface area contributed by atoms with Crippen LogP contribution < -0.4 is 15.4 Å². The fourth-order valence-electron chi connectivity index (χ4n) is 3.71. The first-order valence-corrected chi connectivity index (χ1v) is 10.4. The van der Waals surface area contributed by atoms with Crippen molar-refractivity contribution < 1.29 is 22.3 Å². The monoisotopic (exact) mass is 385 g/mol. The van der Waals surface area contributed by atoms with Crippen molar-refractivity contribution in [1.82, 2.24) is 4.90 Å². The summed E-state index contributed by atoms with van der Waals surface area (Å²) in [6.07, 6.45) is 0.711. The normalized spacial score (nSPS) is 23.3. The number of ether oxygens (including phenoxy) is 1. The highest BCUT2D eigenvalue weighted by atomic mass is 32.2. The van der Waals surface area contributed by atoms with Crippen molar-refractivity contribution in [1.29, 1.82) is 0 Å². The van der Waals surface area contributed by atoms with Crippen LogP contribution in [0.2, 0.25) is 0 Å². The van der Waals surface area contributed by atoms with Crippen LogP contribution in [0.3, 0.4) is 0 Å². The van der Waals surface area contributed by atoms with Crippen molar-refractivity contribution in [3.8, 4) is 5.75 Å². The van der Waals surface area contributed by atoms with Crippen molar-refractivity contribution >= 4 is 21.4 Å². The van der Waals surface area contributed by atoms with Gasteiger partial charge in [0.15, 0.2) is 9.84 Å². The Morgan fingerprint density at radius 2 is 2.00 bits per heavy atom. The largest absolute Gasteiger partial charge is 0.494 e. The van der Waals surface area contributed by atoms with E-state index in [9.17, 15) is 17.6 Å². The molecule has 2 N–H and O–H groups in total. The Kier molecular flexibility index (Phi) is 5.38. The lowest BCUT2D eigenvalue weighted by molar-refractivity contribution is -0.134. The van der Waals surface area contributed by atoms with Crippen molar-refractivity contribution in [3.63, 3.8) is 0 Å². The first kappa shape index (κ1) is 18.9. The number of fused-ring (bicyclic) bond motifs is 2. The van der Waals surface area contributed by atoms with E-state index >= 15 is 0 Å². The lowest BCUT2D eigenvalue weighted by atomic mass is 10.2. The molecule has 2 saturated heterocycles. The number of alkyl halides is 1. The molecule has 3 rings (SSSR count). The summed E-state index contributed by atoms with van der Waals surface area (Å²) in [5.41, 5.74) is 3.68. The third-order valence-electron chi connectivity index (χ3n) is 4.91. The van der Waals surface area contributed by atoms with Crippen molar-refractivity contribution in [2.75, 3.05) is 36.9 Å². The van der Waals surface area contributed by atoms with Crippen LogP contribution in [0, 0.1) is 0 Å². The average molecular weight is 385 g/mol. The molecule has 9 heteroatoms. The number of nitrogens with zero attached hydrogens (tertiary/aromatic N) is 2. The number of amides is 1. The first-order valence-electron chi connectivity index (χ1n) is 8.73. The summed E-state index contributed by atoms with van der Waals surface area (Å²) in [7, 11) is -4.15. The Balaban J connectivity index is 1.65. The highest BCUT2D eigenvalue weighted by molar-refractivity contribution is 7.92. The lowest BCUT2D eigenvalue weighted by Gasteiger charge is -2.36. The summed E-state index contributed by atoms with van der Waals surface area (Å²) >= 11 is 0. The quantitative estimate of drug-likeness (QED) is 0.737. The highest BCUT2D eigenvalue weighted by Crippen LogP contribution is 2.36. The van der Waals surface area contributed by atoms with E-state index in [1.54, 1.807) is 0 Å². The van der Waals surface area contributed by atoms with E-state index in [1.165, 1.54) is 4.90 Å². The first-order chi connectivity index (χ1) is 12.4. The molecular formula is C17H24FN3O4S. The number of hydrogen-bond donors (Lipinski definition) is 1. The number of halogens is 1. The molecule has 7 nitrogen and oxygen atoms in total. The molecule has 26 heavy (non-hydrogen) atoms. The molecule has 0 aromatic heterocycles. The summed E-state index contributed by atoms with van der Waals surface area (Å²) in [4.78, 5) is 15.9. The minimum Gasteiger partial charge on any atom is -0.494 e. The molecule has 3 atom stereocenters. The zero-order valence-electron chi connectivity index (χ0n) is 14.7. The number of piperazine rings is 1. The summed E-state index contributed by atoms with van der Waals surface area (Å²) in [5, 5.41) is 0. The number of sulfone groups is 1. The number of carbonyl (C=O) groups is 1. The number of carbonyl (C=O) groups excluding carboxylic acids is 1. The second-order valence-electron chi connectivity index (χ2n) is 6.58. The Hall–Kier alpha value is -1.87. The van der Waals surface area contributed by atoms with Gasteiger partial charge in [-0.25, -0.2) is 12.8 Å². The Bertz CT molecular complexity index is 756. The molecule has 0 saturated carbocycles. The van der Waals surface area contributed by atoms with Crippen LogP contribution in [0.15, 0.2) is 24.3 Å². The predicted octanol–water partition coefficient (Wildman–Crippen LogP) is 0.544. The van der Waals surface area contributed by atoms with Crippen LogP contribution in [0.1, 0.15) is 13.3 Å². The van der Waals surface area contributed by atoms with Gasteiger partial charge in [-0.1, -0.05) is 0 Å². The highest BCUT2D eigenvalue weighted by Gasteiger charge is 2.48. The second kappa shape index (κ2) is 7.40. The number of rotatable bonds is 7. The molecule has 2 bridgehead atoms. The lowest BCUT2D eigenvalue weighted by Crippen LogP contribution is -2.52. The van der Waals surface area contributed by atoms with Gasteiger partial charge in [0.25, 0.3) is 11.4 Å². The Morgan fingerprint density at radius 3 is 2.54 bits per heavy atom. The molecule has 0 radical (unpaired) electrons. The Morgan fingerprint density at radius 1 is 1.31 bits per heavy atom. The van der Waals surface area contributed by atoms with Crippen LogP contribution in [0.5, 0.6) is 5.75 Å². The van der Waals surface area contributed by atoms with E-state index in [2.05, 4.69) is 4.90 Å². The van der Waals surface area contributed by atoms with Gasteiger partial charge < -0.3 is 20.3 Å². The van der Waals surface area contributed by atoms with Gasteiger partial charge in [-0.15, -0.1) is 0 Å². The molecule has 2 fully saturated rings. The summed E-state index contributed by atoms with van der Waals surface area (Å²) in [6.45, 7) is 3.21. The molecule has 2 aliphatic heterocycles. The van der Waals surface area contributed by atoms with Gasteiger partial charge in [0, 0.05) is 31.4 Å². The van der Waals surface area contributed by atoms with Gasteiger partial charge in [0.1, 0.15) is 5.75 Å². The van der Waals surface area contributed by atoms with Gasteiger partial charge in [-0.05, 0) is 37.6 Å². The fourth-order valence-corrected chi connectivity index (χ4v) is 4.68. The summed E-state index contributed by atoms with van der Waals surface area (Å²) in [5.74, 6) is -0.694. The van der Waals surface area contributed by atoms with Crippen LogP contribution in [-0.4, -0.2) is 68.8 Å². The van der Waals surface area contributed by atoms with Gasteiger partial charge in [-0.2, -0.15) is 0 Å². The molecule has 144 valence electrons. The summed E-state index contributed by atoms with van der Waals surface area (Å²) < 4.78 is 43.2. The maximum Gasteiger partial charge on any atom is 0.278 e. The van der Waals surface area contributed by atoms with Gasteiger partial charge >= 0.3 is 0 Å². The number of likely N-dealkylation sites (tertiary alicyclic amines) is 1. The standard InChI is InChI=1S/C17H24FN3O4S/c1-2-25-15-5-3-12(4-6-15)20-10-14-9-13(20)11-21(14)17(22)16(18)26(23,24)8-7-19/h3-6,13-14,16H,2,7-11,19H2,1H3/t13-,14?,16?/m0/s1. The second-order valence-corrected chi connectivity index (χ2v) is 8.73. The van der Waals surface area contributed by atoms with Crippen molar-refractivity contribution in [2.24, 2.45) is 5.73 Å². The van der Waals surface area contributed by atoms with Crippen LogP contribution in [0.25, 0.3) is 0 Å². The molecule has 2 unspecified atom stereocenters. The third kappa shape index (κ3) is 3.50. The van der Waals surface area contributed by atoms with E-state index in [1.807, 2.05) is 31.2 Å². The van der Waals surface area contributed by atoms with E-state index in [-0.39, 0.29) is 18.6 Å². The molecule has 0 aliphatic carbocycles. The number of anilines is 1. The smallest absolute Gasteiger partial charge is 0.278 e. The van der Waals surface area contributed by atoms with Crippen molar-refractivity contribution in [2.45, 2.75) is 30.9 Å². The van der Waals surface area contributed by atoms with E-state index in [0.717, 1.165) is 11.4 Å². The minimum atomic E-state index is -4.15. The van der Waals surface area contributed by atoms with Gasteiger partial charge in [0.2, 0.25) is 0 Å². The number of nitrogens with two attached hydrogens (primary N) is 1. The molecule has 0 spiro atoms. The molecule has 2 aliphatic rings. The molecule has 1 aromatic carbocycles. The maximum absolute atomic E-state index is 14.2. The van der Waals surface area contributed by atoms with Crippen LogP contribution in [0.4, 0.5) is 10.1 Å². The third-order valence-corrected chi connectivity index (χ3v) is 6.55. The minimum absolute atomic E-state index is 0.0614. The molecule has 1 amide bonds. The van der Waals surface area contributed by atoms with Crippen LogP contribution >= 0.6 is 0 Å². The summed E-state index contributed by atoms with van der Waals surface area (Å²) in [6, 6.07) is 7.59. The maximum atomic E-state index is 14.2. The zero-order valence-corrected chi connectivity index (χ0v) is 15.5. The fraction of sp³-hybridized carbons (Fsp3) is 0.588.